The Morgan fingerprint density at radius 1 is 1.24 bits per heavy atom. The number of halogens is 5. The van der Waals surface area contributed by atoms with Gasteiger partial charge in [-0.25, -0.2) is 8.78 Å². The first-order valence-electron chi connectivity index (χ1n) is 5.22. The number of rotatable bonds is 1. The molecule has 2 nitrogen and oxygen atoms in total. The largest absolute Gasteiger partial charge is 0.468 e. The van der Waals surface area contributed by atoms with Gasteiger partial charge in [-0.2, -0.15) is 13.2 Å². The maximum absolute atomic E-state index is 13.9. The van der Waals surface area contributed by atoms with Crippen LogP contribution < -0.4 is 0 Å². The van der Waals surface area contributed by atoms with Crippen LogP contribution in [0.1, 0.15) is 19.3 Å². The number of methoxy groups -OCH3 is 1. The molecule has 2 fully saturated rings. The lowest BCUT2D eigenvalue weighted by molar-refractivity contribution is -0.309. The Bertz CT molecular complexity index is 351. The summed E-state index contributed by atoms with van der Waals surface area (Å²) in [5.41, 5.74) is -3.64. The van der Waals surface area contributed by atoms with Crippen LogP contribution in [0.25, 0.3) is 0 Å². The number of fused-ring (bicyclic) bond motifs is 2. The van der Waals surface area contributed by atoms with Crippen LogP contribution >= 0.6 is 0 Å². The van der Waals surface area contributed by atoms with E-state index in [0.717, 1.165) is 0 Å². The van der Waals surface area contributed by atoms with Gasteiger partial charge in [0.05, 0.1) is 7.11 Å². The third-order valence-corrected chi connectivity index (χ3v) is 4.04. The average molecular weight is 258 g/mol. The van der Waals surface area contributed by atoms with Crippen LogP contribution in [0.2, 0.25) is 0 Å². The van der Waals surface area contributed by atoms with Crippen molar-refractivity contribution in [2.75, 3.05) is 7.11 Å². The van der Waals surface area contributed by atoms with Gasteiger partial charge in [-0.15, -0.1) is 0 Å². The van der Waals surface area contributed by atoms with Crippen molar-refractivity contribution in [1.29, 1.82) is 0 Å². The quantitative estimate of drug-likeness (QED) is 0.534. The molecule has 3 unspecified atom stereocenters. The molecule has 2 aliphatic rings. The molecule has 0 aromatic heterocycles. The van der Waals surface area contributed by atoms with Crippen LogP contribution in [0.3, 0.4) is 0 Å². The van der Waals surface area contributed by atoms with Gasteiger partial charge >= 0.3 is 12.1 Å². The van der Waals surface area contributed by atoms with Crippen molar-refractivity contribution in [2.24, 2.45) is 17.3 Å². The van der Waals surface area contributed by atoms with E-state index in [9.17, 15) is 26.7 Å². The number of carbonyl (C=O) groups excluding carboxylic acids is 1. The van der Waals surface area contributed by atoms with Gasteiger partial charge in [0, 0.05) is 5.92 Å². The molecule has 7 heteroatoms. The van der Waals surface area contributed by atoms with Crippen LogP contribution in [0.15, 0.2) is 0 Å². The molecule has 2 rings (SSSR count). The standard InChI is InChI=1S/C10H11F5O2/c1-17-7(16)8(10(13,14)15)5-2-3-6(4-5)9(8,11)12/h5-6H,2-4H2,1H3. The molecule has 0 heterocycles. The van der Waals surface area contributed by atoms with Crippen molar-refractivity contribution in [3.8, 4) is 0 Å². The molecule has 98 valence electrons. The van der Waals surface area contributed by atoms with Crippen molar-refractivity contribution in [3.63, 3.8) is 0 Å². The van der Waals surface area contributed by atoms with Gasteiger partial charge in [0.1, 0.15) is 0 Å². The molecule has 0 aromatic rings. The number of carbonyl (C=O) groups is 1. The predicted octanol–water partition coefficient (Wildman–Crippen LogP) is 2.77. The molecule has 17 heavy (non-hydrogen) atoms. The van der Waals surface area contributed by atoms with E-state index in [-0.39, 0.29) is 19.3 Å². The lowest BCUT2D eigenvalue weighted by Gasteiger charge is -2.41. The van der Waals surface area contributed by atoms with Crippen LogP contribution in [-0.4, -0.2) is 25.2 Å². The molecule has 3 atom stereocenters. The van der Waals surface area contributed by atoms with Gasteiger partial charge in [-0.05, 0) is 25.2 Å². The molecule has 0 spiro atoms. The first-order chi connectivity index (χ1) is 7.69. The molecule has 0 N–H and O–H groups in total. The van der Waals surface area contributed by atoms with Gasteiger partial charge in [0.15, 0.2) is 0 Å². The Morgan fingerprint density at radius 3 is 2.12 bits per heavy atom. The monoisotopic (exact) mass is 258 g/mol. The molecule has 0 radical (unpaired) electrons. The molecular formula is C10H11F5O2. The summed E-state index contributed by atoms with van der Waals surface area (Å²) >= 11 is 0. The summed E-state index contributed by atoms with van der Waals surface area (Å²) in [5, 5.41) is 0. The average Bonchev–Trinajstić information content (AvgIpc) is 2.72. The van der Waals surface area contributed by atoms with E-state index in [0.29, 0.717) is 7.11 Å². The summed E-state index contributed by atoms with van der Waals surface area (Å²) in [4.78, 5) is 11.4. The Hall–Kier alpha value is -0.880. The highest BCUT2D eigenvalue weighted by molar-refractivity contribution is 5.80. The van der Waals surface area contributed by atoms with Crippen LogP contribution in [0.5, 0.6) is 0 Å². The molecule has 2 bridgehead atoms. The van der Waals surface area contributed by atoms with Crippen LogP contribution in [-0.2, 0) is 9.53 Å². The van der Waals surface area contributed by atoms with Gasteiger partial charge in [0.25, 0.3) is 5.92 Å². The van der Waals surface area contributed by atoms with E-state index in [1.807, 2.05) is 0 Å². The van der Waals surface area contributed by atoms with E-state index in [4.69, 9.17) is 0 Å². The van der Waals surface area contributed by atoms with Gasteiger partial charge in [-0.1, -0.05) is 0 Å². The Labute approximate surface area is 94.1 Å². The highest BCUT2D eigenvalue weighted by Gasteiger charge is 2.84. The SMILES string of the molecule is COC(=O)C1(C(F)(F)F)C2CCC(C2)C1(F)F. The number of alkyl halides is 5. The second kappa shape index (κ2) is 3.32. The lowest BCUT2D eigenvalue weighted by Crippen LogP contribution is -2.61. The summed E-state index contributed by atoms with van der Waals surface area (Å²) in [6.07, 6.45) is -5.52. The number of hydrogen-bond donors (Lipinski definition) is 0. The Balaban J connectivity index is 2.59. The first-order valence-corrected chi connectivity index (χ1v) is 5.22. The normalized spacial score (nSPS) is 39.4. The summed E-state index contributed by atoms with van der Waals surface area (Å²) < 4.78 is 70.8. The van der Waals surface area contributed by atoms with E-state index in [1.165, 1.54) is 0 Å². The molecule has 2 aliphatic carbocycles. The topological polar surface area (TPSA) is 26.3 Å². The fraction of sp³-hybridized carbons (Fsp3) is 0.900. The number of hydrogen-bond acceptors (Lipinski definition) is 2. The third kappa shape index (κ3) is 1.22. The Kier molecular flexibility index (Phi) is 2.46. The molecule has 2 saturated carbocycles. The second-order valence-corrected chi connectivity index (χ2v) is 4.63. The van der Waals surface area contributed by atoms with E-state index >= 15 is 0 Å². The fourth-order valence-electron chi connectivity index (χ4n) is 3.30. The number of esters is 1. The zero-order valence-corrected chi connectivity index (χ0v) is 8.98. The summed E-state index contributed by atoms with van der Waals surface area (Å²) in [5.74, 6) is -8.66. The minimum Gasteiger partial charge on any atom is -0.468 e. The van der Waals surface area contributed by atoms with Gasteiger partial charge < -0.3 is 4.74 Å². The Morgan fingerprint density at radius 2 is 1.76 bits per heavy atom. The first kappa shape index (κ1) is 12.6. The smallest absolute Gasteiger partial charge is 0.411 e. The molecule has 0 amide bonds. The van der Waals surface area contributed by atoms with Crippen LogP contribution in [0.4, 0.5) is 22.0 Å². The van der Waals surface area contributed by atoms with Crippen LogP contribution in [0, 0.1) is 17.3 Å². The summed E-state index contributed by atoms with van der Waals surface area (Å²) in [6.45, 7) is 0. The summed E-state index contributed by atoms with van der Waals surface area (Å²) in [6, 6.07) is 0. The fourth-order valence-corrected chi connectivity index (χ4v) is 3.30. The maximum atomic E-state index is 13.9. The zero-order valence-electron chi connectivity index (χ0n) is 8.98. The van der Waals surface area contributed by atoms with Gasteiger partial charge in [0.2, 0.25) is 5.41 Å². The van der Waals surface area contributed by atoms with Crippen molar-refractivity contribution in [1.82, 2.24) is 0 Å². The lowest BCUT2D eigenvalue weighted by atomic mass is 9.69. The molecule has 0 aromatic carbocycles. The third-order valence-electron chi connectivity index (χ3n) is 4.04. The highest BCUT2D eigenvalue weighted by atomic mass is 19.4. The maximum Gasteiger partial charge on any atom is 0.411 e. The molecule has 0 aliphatic heterocycles. The minimum absolute atomic E-state index is 0.00509. The van der Waals surface area contributed by atoms with Crippen molar-refractivity contribution in [2.45, 2.75) is 31.4 Å². The van der Waals surface area contributed by atoms with E-state index in [1.54, 1.807) is 0 Å². The molecule has 0 saturated heterocycles. The van der Waals surface area contributed by atoms with E-state index < -0.39 is 35.3 Å². The zero-order chi connectivity index (χ0) is 13.1. The van der Waals surface area contributed by atoms with Crippen molar-refractivity contribution < 1.29 is 31.5 Å². The highest BCUT2D eigenvalue weighted by Crippen LogP contribution is 2.69. The molecular weight excluding hydrogens is 247 g/mol. The van der Waals surface area contributed by atoms with Crippen molar-refractivity contribution in [3.05, 3.63) is 0 Å². The predicted molar refractivity (Wildman–Crippen MR) is 46.3 cm³/mol. The summed E-state index contributed by atoms with van der Waals surface area (Å²) in [7, 11) is 0.706. The second-order valence-electron chi connectivity index (χ2n) is 4.63. The minimum atomic E-state index is -5.29. The number of ether oxygens (including phenoxy) is 1. The van der Waals surface area contributed by atoms with E-state index in [2.05, 4.69) is 4.74 Å². The van der Waals surface area contributed by atoms with Gasteiger partial charge in [-0.3, -0.25) is 4.79 Å². The van der Waals surface area contributed by atoms with Crippen molar-refractivity contribution >= 4 is 5.97 Å².